The number of benzene rings is 2. The molecule has 1 amide bonds. The number of amides is 1. The second-order valence-electron chi connectivity index (χ2n) is 11.3. The summed E-state index contributed by atoms with van der Waals surface area (Å²) in [7, 11) is 0. The summed E-state index contributed by atoms with van der Waals surface area (Å²) in [5, 5.41) is 6.43. The van der Waals surface area contributed by atoms with Crippen molar-refractivity contribution >= 4 is 40.1 Å². The molecule has 40 heavy (non-hydrogen) atoms. The fourth-order valence-corrected chi connectivity index (χ4v) is 5.04. The number of piperazine rings is 1. The fourth-order valence-electron chi connectivity index (χ4n) is 5.04. The average Bonchev–Trinajstić information content (AvgIpc) is 3.80. The highest BCUT2D eigenvalue weighted by atomic mass is 16.1. The maximum atomic E-state index is 13.1. The zero-order valence-corrected chi connectivity index (χ0v) is 23.2. The molecule has 0 radical (unpaired) electrons. The third kappa shape index (κ3) is 5.59. The first-order valence-electron chi connectivity index (χ1n) is 13.8. The SMILES string of the molecule is Cc1ccc(NC(=O)c2cccc(C(C)(C)N)c2)cc1Nc1ncnc2cnc(N3CCN(C4CC4)CC3)nc12. The van der Waals surface area contributed by atoms with Gasteiger partial charge in [-0.15, -0.1) is 0 Å². The van der Waals surface area contributed by atoms with E-state index in [0.29, 0.717) is 34.1 Å². The van der Waals surface area contributed by atoms with Gasteiger partial charge in [-0.2, -0.15) is 0 Å². The number of hydrogen-bond acceptors (Lipinski definition) is 9. The van der Waals surface area contributed by atoms with Gasteiger partial charge in [-0.3, -0.25) is 9.69 Å². The third-order valence-corrected chi connectivity index (χ3v) is 7.64. The lowest BCUT2D eigenvalue weighted by molar-refractivity contribution is 0.102. The Morgan fingerprint density at radius 1 is 1.02 bits per heavy atom. The number of aromatic nitrogens is 4. The molecule has 1 saturated carbocycles. The number of carbonyl (C=O) groups is 1. The van der Waals surface area contributed by atoms with E-state index in [0.717, 1.165) is 49.0 Å². The molecule has 0 bridgehead atoms. The Balaban J connectivity index is 1.22. The lowest BCUT2D eigenvalue weighted by atomic mass is 9.94. The monoisotopic (exact) mass is 537 g/mol. The van der Waals surface area contributed by atoms with E-state index in [-0.39, 0.29) is 5.91 Å². The molecule has 10 heteroatoms. The summed E-state index contributed by atoms with van der Waals surface area (Å²) in [6.07, 6.45) is 5.92. The van der Waals surface area contributed by atoms with E-state index in [4.69, 9.17) is 10.7 Å². The maximum Gasteiger partial charge on any atom is 0.255 e. The molecular formula is C30H35N9O. The molecule has 2 fully saturated rings. The standard InChI is InChI=1S/C30H35N9O/c1-19-7-8-22(35-28(40)20-5-4-6-21(15-20)30(2,3)31)16-24(19)36-27-26-25(33-18-34-27)17-32-29(37-26)39-13-11-38(12-14-39)23-9-10-23/h4-8,15-18,23H,9-14,31H2,1-3H3,(H,35,40)(H,33,34,36). The van der Waals surface area contributed by atoms with Crippen LogP contribution in [0.25, 0.3) is 11.0 Å². The number of aryl methyl sites for hydroxylation is 1. The second-order valence-corrected chi connectivity index (χ2v) is 11.3. The van der Waals surface area contributed by atoms with Crippen molar-refractivity contribution in [1.29, 1.82) is 0 Å². The Bertz CT molecular complexity index is 1550. The van der Waals surface area contributed by atoms with E-state index in [1.54, 1.807) is 12.3 Å². The smallest absolute Gasteiger partial charge is 0.255 e. The molecule has 0 unspecified atom stereocenters. The number of hydrogen-bond donors (Lipinski definition) is 3. The van der Waals surface area contributed by atoms with E-state index in [1.165, 1.54) is 19.2 Å². The Labute approximate surface area is 234 Å². The second kappa shape index (κ2) is 10.4. The van der Waals surface area contributed by atoms with Gasteiger partial charge in [0.05, 0.1) is 6.20 Å². The first-order chi connectivity index (χ1) is 19.2. The average molecular weight is 538 g/mol. The molecule has 0 atom stereocenters. The Kier molecular flexibility index (Phi) is 6.81. The number of nitrogens with one attached hydrogen (secondary N) is 2. The lowest BCUT2D eigenvalue weighted by Gasteiger charge is -2.34. The molecule has 4 N–H and O–H groups in total. The molecule has 206 valence electrons. The number of carbonyl (C=O) groups excluding carboxylic acids is 1. The minimum absolute atomic E-state index is 0.201. The van der Waals surface area contributed by atoms with Crippen molar-refractivity contribution in [2.24, 2.45) is 5.73 Å². The van der Waals surface area contributed by atoms with Crippen molar-refractivity contribution in [3.63, 3.8) is 0 Å². The van der Waals surface area contributed by atoms with Gasteiger partial charge in [0, 0.05) is 54.7 Å². The zero-order valence-electron chi connectivity index (χ0n) is 23.2. The largest absolute Gasteiger partial charge is 0.338 e. The van der Waals surface area contributed by atoms with Gasteiger partial charge in [-0.25, -0.2) is 19.9 Å². The molecule has 2 aliphatic rings. The highest BCUT2D eigenvalue weighted by Crippen LogP contribution is 2.30. The predicted molar refractivity (Wildman–Crippen MR) is 158 cm³/mol. The van der Waals surface area contributed by atoms with Gasteiger partial charge in [0.1, 0.15) is 17.4 Å². The molecular weight excluding hydrogens is 502 g/mol. The number of nitrogens with two attached hydrogens (primary N) is 1. The normalized spacial score (nSPS) is 16.2. The highest BCUT2D eigenvalue weighted by molar-refractivity contribution is 6.04. The van der Waals surface area contributed by atoms with Gasteiger partial charge < -0.3 is 21.3 Å². The molecule has 1 aliphatic heterocycles. The molecule has 10 nitrogen and oxygen atoms in total. The fraction of sp³-hybridized carbons (Fsp3) is 0.367. The van der Waals surface area contributed by atoms with Crippen LogP contribution in [0.4, 0.5) is 23.1 Å². The first kappa shape index (κ1) is 26.1. The molecule has 2 aromatic heterocycles. The Hall–Kier alpha value is -4.15. The van der Waals surface area contributed by atoms with Crippen LogP contribution in [0.3, 0.4) is 0 Å². The van der Waals surface area contributed by atoms with Crippen LogP contribution in [0.5, 0.6) is 0 Å². The van der Waals surface area contributed by atoms with E-state index in [2.05, 4.69) is 35.4 Å². The molecule has 2 aromatic carbocycles. The van der Waals surface area contributed by atoms with Crippen LogP contribution < -0.4 is 21.3 Å². The third-order valence-electron chi connectivity index (χ3n) is 7.64. The quantitative estimate of drug-likeness (QED) is 0.318. The number of fused-ring (bicyclic) bond motifs is 1. The summed E-state index contributed by atoms with van der Waals surface area (Å²) in [5.74, 6) is 1.09. The predicted octanol–water partition coefficient (Wildman–Crippen LogP) is 4.20. The molecule has 4 aromatic rings. The molecule has 3 heterocycles. The highest BCUT2D eigenvalue weighted by Gasteiger charge is 2.31. The van der Waals surface area contributed by atoms with Crippen LogP contribution in [-0.2, 0) is 5.54 Å². The minimum atomic E-state index is -0.536. The van der Waals surface area contributed by atoms with Gasteiger partial charge >= 0.3 is 0 Å². The topological polar surface area (TPSA) is 125 Å². The summed E-state index contributed by atoms with van der Waals surface area (Å²) in [6.45, 7) is 9.73. The number of anilines is 4. The van der Waals surface area contributed by atoms with Crippen molar-refractivity contribution < 1.29 is 4.79 Å². The van der Waals surface area contributed by atoms with Gasteiger partial charge in [0.15, 0.2) is 5.82 Å². The molecule has 1 aliphatic carbocycles. The van der Waals surface area contributed by atoms with Crippen LogP contribution in [0.15, 0.2) is 55.0 Å². The van der Waals surface area contributed by atoms with Crippen molar-refractivity contribution in [3.05, 3.63) is 71.7 Å². The van der Waals surface area contributed by atoms with Gasteiger partial charge in [-0.05, 0) is 69.0 Å². The van der Waals surface area contributed by atoms with E-state index >= 15 is 0 Å². The summed E-state index contributed by atoms with van der Waals surface area (Å²) >= 11 is 0. The van der Waals surface area contributed by atoms with E-state index < -0.39 is 5.54 Å². The zero-order chi connectivity index (χ0) is 27.9. The van der Waals surface area contributed by atoms with Crippen LogP contribution in [0.1, 0.15) is 48.2 Å². The molecule has 6 rings (SSSR count). The molecule has 1 saturated heterocycles. The first-order valence-corrected chi connectivity index (χ1v) is 13.8. The summed E-state index contributed by atoms with van der Waals surface area (Å²) in [4.78, 5) is 36.2. The van der Waals surface area contributed by atoms with Gasteiger partial charge in [0.25, 0.3) is 5.91 Å². The van der Waals surface area contributed by atoms with E-state index in [1.807, 2.05) is 57.2 Å². The Morgan fingerprint density at radius 2 is 1.82 bits per heavy atom. The van der Waals surface area contributed by atoms with Gasteiger partial charge in [0.2, 0.25) is 5.95 Å². The Morgan fingerprint density at radius 3 is 2.58 bits per heavy atom. The van der Waals surface area contributed by atoms with Gasteiger partial charge in [-0.1, -0.05) is 18.2 Å². The number of rotatable bonds is 7. The minimum Gasteiger partial charge on any atom is -0.338 e. The summed E-state index contributed by atoms with van der Waals surface area (Å²) in [6, 6.07) is 13.9. The van der Waals surface area contributed by atoms with Crippen molar-refractivity contribution in [2.75, 3.05) is 41.7 Å². The summed E-state index contributed by atoms with van der Waals surface area (Å²) in [5.41, 5.74) is 11.0. The van der Waals surface area contributed by atoms with E-state index in [9.17, 15) is 4.79 Å². The summed E-state index contributed by atoms with van der Waals surface area (Å²) < 4.78 is 0. The molecule has 0 spiro atoms. The van der Waals surface area contributed by atoms with Crippen molar-refractivity contribution in [3.8, 4) is 0 Å². The maximum absolute atomic E-state index is 13.1. The number of nitrogens with zero attached hydrogens (tertiary/aromatic N) is 6. The van der Waals surface area contributed by atoms with Crippen LogP contribution in [0.2, 0.25) is 0 Å². The van der Waals surface area contributed by atoms with Crippen molar-refractivity contribution in [1.82, 2.24) is 24.8 Å². The van der Waals surface area contributed by atoms with Crippen LogP contribution >= 0.6 is 0 Å². The lowest BCUT2D eigenvalue weighted by Crippen LogP contribution is -2.47. The van der Waals surface area contributed by atoms with Crippen LogP contribution in [0, 0.1) is 6.92 Å². The van der Waals surface area contributed by atoms with Crippen molar-refractivity contribution in [2.45, 2.75) is 45.2 Å². The van der Waals surface area contributed by atoms with Crippen LogP contribution in [-0.4, -0.2) is 63.0 Å².